The number of nitrogens with zero attached hydrogens (tertiary/aromatic N) is 3. The maximum absolute atomic E-state index is 4.71. The Bertz CT molecular complexity index is 412. The van der Waals surface area contributed by atoms with E-state index in [0.717, 1.165) is 6.54 Å². The molecule has 19 heavy (non-hydrogen) atoms. The molecule has 4 nitrogen and oxygen atoms in total. The molecular weight excluding hydrogens is 236 g/mol. The number of hydrogen-bond acceptors (Lipinski definition) is 3. The minimum Gasteiger partial charge on any atom is -0.316 e. The van der Waals surface area contributed by atoms with E-state index in [2.05, 4.69) is 35.1 Å². The van der Waals surface area contributed by atoms with Crippen LogP contribution in [0.25, 0.3) is 0 Å². The van der Waals surface area contributed by atoms with Crippen LogP contribution in [0.4, 0.5) is 0 Å². The molecule has 0 saturated carbocycles. The standard InChI is InChI=1S/C15H26N4/c1-12-15(13-4-3-7-16-10-13)11-17-19(12)14-5-8-18(2)9-6-14/h11,13-14,16H,3-10H2,1-2H3. The number of aromatic nitrogens is 2. The van der Waals surface area contributed by atoms with Crippen LogP contribution in [0.15, 0.2) is 6.20 Å². The summed E-state index contributed by atoms with van der Waals surface area (Å²) in [5.74, 6) is 0.675. The molecule has 4 heteroatoms. The summed E-state index contributed by atoms with van der Waals surface area (Å²) in [6.07, 6.45) is 7.21. The summed E-state index contributed by atoms with van der Waals surface area (Å²) in [6.45, 7) is 6.96. The van der Waals surface area contributed by atoms with Gasteiger partial charge in [-0.1, -0.05) is 0 Å². The quantitative estimate of drug-likeness (QED) is 0.884. The highest BCUT2D eigenvalue weighted by molar-refractivity contribution is 5.23. The van der Waals surface area contributed by atoms with Gasteiger partial charge in [0.2, 0.25) is 0 Å². The first-order valence-corrected chi connectivity index (χ1v) is 7.69. The fraction of sp³-hybridized carbons (Fsp3) is 0.800. The lowest BCUT2D eigenvalue weighted by Crippen LogP contribution is -2.32. The molecule has 1 N–H and O–H groups in total. The van der Waals surface area contributed by atoms with E-state index in [1.807, 2.05) is 0 Å². The Balaban J connectivity index is 1.74. The topological polar surface area (TPSA) is 33.1 Å². The van der Waals surface area contributed by atoms with E-state index >= 15 is 0 Å². The molecule has 3 rings (SSSR count). The molecule has 2 aliphatic rings. The molecule has 0 amide bonds. The monoisotopic (exact) mass is 262 g/mol. The van der Waals surface area contributed by atoms with Gasteiger partial charge < -0.3 is 10.2 Å². The zero-order chi connectivity index (χ0) is 13.2. The van der Waals surface area contributed by atoms with Crippen LogP contribution in [-0.4, -0.2) is 47.9 Å². The SMILES string of the molecule is Cc1c(C2CCCNC2)cnn1C1CCN(C)CC1. The fourth-order valence-corrected chi connectivity index (χ4v) is 3.56. The number of nitrogens with one attached hydrogen (secondary N) is 1. The largest absolute Gasteiger partial charge is 0.316 e. The Morgan fingerprint density at radius 3 is 2.74 bits per heavy atom. The van der Waals surface area contributed by atoms with E-state index in [0.29, 0.717) is 12.0 Å². The summed E-state index contributed by atoms with van der Waals surface area (Å²) in [7, 11) is 2.21. The maximum Gasteiger partial charge on any atom is 0.0546 e. The molecule has 0 aliphatic carbocycles. The van der Waals surface area contributed by atoms with E-state index in [4.69, 9.17) is 5.10 Å². The first kappa shape index (κ1) is 13.1. The van der Waals surface area contributed by atoms with Gasteiger partial charge in [-0.05, 0) is 70.8 Å². The van der Waals surface area contributed by atoms with E-state index in [1.54, 1.807) is 0 Å². The predicted octanol–water partition coefficient (Wildman–Crippen LogP) is 1.93. The third-order valence-electron chi connectivity index (χ3n) is 4.85. The van der Waals surface area contributed by atoms with Gasteiger partial charge in [-0.25, -0.2) is 0 Å². The first-order valence-electron chi connectivity index (χ1n) is 7.69. The van der Waals surface area contributed by atoms with Crippen LogP contribution in [-0.2, 0) is 0 Å². The molecule has 1 atom stereocenters. The third kappa shape index (κ3) is 2.70. The van der Waals surface area contributed by atoms with E-state index < -0.39 is 0 Å². The summed E-state index contributed by atoms with van der Waals surface area (Å²) in [5.41, 5.74) is 2.88. The van der Waals surface area contributed by atoms with Crippen LogP contribution in [0.5, 0.6) is 0 Å². The van der Waals surface area contributed by atoms with Gasteiger partial charge in [0.1, 0.15) is 0 Å². The number of hydrogen-bond donors (Lipinski definition) is 1. The van der Waals surface area contributed by atoms with Gasteiger partial charge in [0.15, 0.2) is 0 Å². The number of likely N-dealkylation sites (tertiary alicyclic amines) is 1. The van der Waals surface area contributed by atoms with Gasteiger partial charge in [0.25, 0.3) is 0 Å². The molecule has 0 bridgehead atoms. The van der Waals surface area contributed by atoms with Gasteiger partial charge >= 0.3 is 0 Å². The molecule has 2 saturated heterocycles. The Hall–Kier alpha value is -0.870. The second-order valence-electron chi connectivity index (χ2n) is 6.21. The maximum atomic E-state index is 4.71. The molecule has 1 aromatic heterocycles. The smallest absolute Gasteiger partial charge is 0.0546 e. The minimum absolute atomic E-state index is 0.612. The fourth-order valence-electron chi connectivity index (χ4n) is 3.56. The highest BCUT2D eigenvalue weighted by Gasteiger charge is 2.24. The average Bonchev–Trinajstić information content (AvgIpc) is 2.83. The summed E-state index contributed by atoms with van der Waals surface area (Å²) in [5, 5.41) is 8.22. The molecule has 2 fully saturated rings. The number of rotatable bonds is 2. The van der Waals surface area contributed by atoms with Crippen molar-refractivity contribution in [3.8, 4) is 0 Å². The zero-order valence-corrected chi connectivity index (χ0v) is 12.2. The number of piperidine rings is 2. The lowest BCUT2D eigenvalue weighted by molar-refractivity contribution is 0.210. The second-order valence-corrected chi connectivity index (χ2v) is 6.21. The zero-order valence-electron chi connectivity index (χ0n) is 12.2. The third-order valence-corrected chi connectivity index (χ3v) is 4.85. The van der Waals surface area contributed by atoms with Crippen LogP contribution in [0.1, 0.15) is 48.9 Å². The normalized spacial score (nSPS) is 26.7. The van der Waals surface area contributed by atoms with Crippen molar-refractivity contribution in [2.75, 3.05) is 33.2 Å². The van der Waals surface area contributed by atoms with Crippen molar-refractivity contribution in [2.24, 2.45) is 0 Å². The van der Waals surface area contributed by atoms with Crippen molar-refractivity contribution in [1.82, 2.24) is 20.0 Å². The van der Waals surface area contributed by atoms with Crippen molar-refractivity contribution < 1.29 is 0 Å². The Labute approximate surface area is 116 Å². The Morgan fingerprint density at radius 1 is 1.26 bits per heavy atom. The first-order chi connectivity index (χ1) is 9.25. The summed E-state index contributed by atoms with van der Waals surface area (Å²) >= 11 is 0. The molecule has 0 spiro atoms. The molecule has 0 radical (unpaired) electrons. The Kier molecular flexibility index (Phi) is 3.89. The predicted molar refractivity (Wildman–Crippen MR) is 77.6 cm³/mol. The average molecular weight is 262 g/mol. The van der Waals surface area contributed by atoms with Gasteiger partial charge in [0, 0.05) is 12.2 Å². The van der Waals surface area contributed by atoms with Gasteiger partial charge in [0.05, 0.1) is 12.2 Å². The molecule has 106 valence electrons. The van der Waals surface area contributed by atoms with E-state index in [9.17, 15) is 0 Å². The Morgan fingerprint density at radius 2 is 2.05 bits per heavy atom. The van der Waals surface area contributed by atoms with Crippen molar-refractivity contribution in [3.05, 3.63) is 17.5 Å². The lowest BCUT2D eigenvalue weighted by Gasteiger charge is -2.30. The molecule has 0 aromatic carbocycles. The minimum atomic E-state index is 0.612. The van der Waals surface area contributed by atoms with Crippen LogP contribution >= 0.6 is 0 Å². The second kappa shape index (κ2) is 5.63. The van der Waals surface area contributed by atoms with Crippen molar-refractivity contribution >= 4 is 0 Å². The molecular formula is C15H26N4. The van der Waals surface area contributed by atoms with Crippen LogP contribution in [0.2, 0.25) is 0 Å². The summed E-state index contributed by atoms with van der Waals surface area (Å²) in [4.78, 5) is 2.42. The van der Waals surface area contributed by atoms with Gasteiger partial charge in [-0.15, -0.1) is 0 Å². The van der Waals surface area contributed by atoms with Crippen molar-refractivity contribution in [2.45, 2.75) is 44.6 Å². The van der Waals surface area contributed by atoms with E-state index in [-0.39, 0.29) is 0 Å². The van der Waals surface area contributed by atoms with E-state index in [1.165, 1.54) is 56.6 Å². The lowest BCUT2D eigenvalue weighted by atomic mass is 9.92. The molecule has 3 heterocycles. The van der Waals surface area contributed by atoms with Crippen LogP contribution < -0.4 is 5.32 Å². The van der Waals surface area contributed by atoms with Gasteiger partial charge in [-0.2, -0.15) is 5.10 Å². The highest BCUT2D eigenvalue weighted by Crippen LogP contribution is 2.29. The molecule has 2 aliphatic heterocycles. The van der Waals surface area contributed by atoms with Gasteiger partial charge in [-0.3, -0.25) is 4.68 Å². The van der Waals surface area contributed by atoms with Crippen LogP contribution in [0, 0.1) is 6.92 Å². The molecule has 1 aromatic rings. The van der Waals surface area contributed by atoms with Crippen LogP contribution in [0.3, 0.4) is 0 Å². The summed E-state index contributed by atoms with van der Waals surface area (Å²) in [6, 6.07) is 0.612. The summed E-state index contributed by atoms with van der Waals surface area (Å²) < 4.78 is 2.30. The van der Waals surface area contributed by atoms with Crippen molar-refractivity contribution in [3.63, 3.8) is 0 Å². The van der Waals surface area contributed by atoms with Crippen molar-refractivity contribution in [1.29, 1.82) is 0 Å². The molecule has 1 unspecified atom stereocenters. The highest BCUT2D eigenvalue weighted by atomic mass is 15.3.